The van der Waals surface area contributed by atoms with Crippen LogP contribution in [0.15, 0.2) is 60.7 Å². The monoisotopic (exact) mass is 451 g/mol. The van der Waals surface area contributed by atoms with Crippen molar-refractivity contribution in [2.24, 2.45) is 0 Å². The first-order valence-corrected chi connectivity index (χ1v) is 12.0. The third-order valence-electron chi connectivity index (χ3n) is 7.03. The Morgan fingerprint density at radius 1 is 1.06 bits per heavy atom. The number of nitrogen functional groups attached to an aromatic ring is 1. The molecule has 0 saturated heterocycles. The summed E-state index contributed by atoms with van der Waals surface area (Å²) in [6.07, 6.45) is 5.71. The van der Waals surface area contributed by atoms with E-state index in [9.17, 15) is 5.26 Å². The maximum absolute atomic E-state index is 9.20. The summed E-state index contributed by atoms with van der Waals surface area (Å²) in [6.45, 7) is 0.882. The molecule has 0 aliphatic heterocycles. The molecule has 34 heavy (non-hydrogen) atoms. The van der Waals surface area contributed by atoms with Crippen molar-refractivity contribution in [1.29, 1.82) is 5.26 Å². The van der Waals surface area contributed by atoms with Crippen molar-refractivity contribution in [3.8, 4) is 6.07 Å². The molecule has 4 aromatic rings. The zero-order chi connectivity index (χ0) is 23.3. The highest BCUT2D eigenvalue weighted by atomic mass is 15.3. The molecule has 1 atom stereocenters. The van der Waals surface area contributed by atoms with Crippen molar-refractivity contribution in [3.05, 3.63) is 82.9 Å². The van der Waals surface area contributed by atoms with Crippen molar-refractivity contribution in [2.75, 3.05) is 12.3 Å². The normalized spacial score (nSPS) is 19.0. The fraction of sp³-hybridized carbons (Fsp3) is 0.333. The van der Waals surface area contributed by atoms with Crippen molar-refractivity contribution in [3.63, 3.8) is 0 Å². The number of pyridine rings is 1. The van der Waals surface area contributed by atoms with Gasteiger partial charge in [-0.1, -0.05) is 47.7 Å². The van der Waals surface area contributed by atoms with Crippen LogP contribution in [0.1, 0.15) is 66.2 Å². The van der Waals surface area contributed by atoms with Crippen LogP contribution < -0.4 is 11.1 Å². The van der Waals surface area contributed by atoms with Gasteiger partial charge < -0.3 is 11.1 Å². The summed E-state index contributed by atoms with van der Waals surface area (Å²) in [7, 11) is 0. The predicted molar refractivity (Wildman–Crippen MR) is 133 cm³/mol. The van der Waals surface area contributed by atoms with Gasteiger partial charge in [-0.25, -0.2) is 10.1 Å². The molecule has 1 aliphatic carbocycles. The van der Waals surface area contributed by atoms with Gasteiger partial charge in [-0.3, -0.25) is 0 Å². The highest BCUT2D eigenvalue weighted by Crippen LogP contribution is 2.34. The average Bonchev–Trinajstić information content (AvgIpc) is 3.36. The molecule has 0 spiro atoms. The molecule has 4 N–H and O–H groups in total. The number of rotatable bonds is 7. The van der Waals surface area contributed by atoms with Crippen molar-refractivity contribution < 1.29 is 0 Å². The Morgan fingerprint density at radius 2 is 1.82 bits per heavy atom. The van der Waals surface area contributed by atoms with E-state index in [0.29, 0.717) is 29.0 Å². The van der Waals surface area contributed by atoms with Gasteiger partial charge in [-0.15, -0.1) is 5.10 Å². The molecule has 7 nitrogen and oxygen atoms in total. The van der Waals surface area contributed by atoms with E-state index >= 15 is 0 Å². The Labute approximate surface area is 199 Å². The molecule has 1 fully saturated rings. The van der Waals surface area contributed by atoms with Crippen LogP contribution in [0.5, 0.6) is 0 Å². The second-order valence-corrected chi connectivity index (χ2v) is 9.13. The largest absolute Gasteiger partial charge is 0.384 e. The summed E-state index contributed by atoms with van der Waals surface area (Å²) < 4.78 is 0. The minimum atomic E-state index is 0.0683. The van der Waals surface area contributed by atoms with Crippen molar-refractivity contribution >= 4 is 17.0 Å². The lowest BCUT2D eigenvalue weighted by Gasteiger charge is -2.30. The van der Waals surface area contributed by atoms with Gasteiger partial charge >= 0.3 is 0 Å². The van der Waals surface area contributed by atoms with E-state index in [-0.39, 0.29) is 5.92 Å². The predicted octanol–water partition coefficient (Wildman–Crippen LogP) is 4.64. The fourth-order valence-electron chi connectivity index (χ4n) is 5.23. The Hall–Kier alpha value is -3.76. The van der Waals surface area contributed by atoms with Crippen LogP contribution in [0.3, 0.4) is 0 Å². The summed E-state index contributed by atoms with van der Waals surface area (Å²) in [6, 6.07) is 23.3. The number of fused-ring (bicyclic) bond motifs is 1. The topological polar surface area (TPSA) is 116 Å². The standard InChI is InChI=1S/C27H29N7/c28-17-18-6-8-21(9-7-18)23(24-16-25(29)31-27-26(24)32-34-33-27)14-15-30-22-12-10-20(11-13-22)19-4-2-1-3-5-19/h1-9,16,20,22-23,30H,10-15H2,(H3,29,31,32,33,34). The van der Waals surface area contributed by atoms with E-state index in [4.69, 9.17) is 5.73 Å². The van der Waals surface area contributed by atoms with Crippen molar-refractivity contribution in [2.45, 2.75) is 50.0 Å². The number of aromatic amines is 1. The number of hydrogen-bond donors (Lipinski definition) is 3. The number of nitrogens with two attached hydrogens (primary N) is 1. The minimum absolute atomic E-state index is 0.0683. The van der Waals surface area contributed by atoms with Crippen molar-refractivity contribution in [1.82, 2.24) is 25.7 Å². The molecule has 7 heteroatoms. The maximum Gasteiger partial charge on any atom is 0.178 e. The zero-order valence-corrected chi connectivity index (χ0v) is 19.1. The number of hydrogen-bond acceptors (Lipinski definition) is 6. The molecular formula is C27H29N7. The molecule has 0 radical (unpaired) electrons. The first-order valence-electron chi connectivity index (χ1n) is 12.0. The third kappa shape index (κ3) is 4.78. The highest BCUT2D eigenvalue weighted by molar-refractivity contribution is 5.77. The van der Waals surface area contributed by atoms with E-state index in [1.165, 1.54) is 31.2 Å². The molecule has 1 aliphatic rings. The number of H-pyrrole nitrogens is 1. The molecule has 5 rings (SSSR count). The molecule has 1 unspecified atom stereocenters. The second kappa shape index (κ2) is 10.0. The fourth-order valence-corrected chi connectivity index (χ4v) is 5.23. The summed E-state index contributed by atoms with van der Waals surface area (Å²) in [5.41, 5.74) is 11.7. The summed E-state index contributed by atoms with van der Waals surface area (Å²) in [5, 5.41) is 24.1. The highest BCUT2D eigenvalue weighted by Gasteiger charge is 2.24. The number of nitrogens with zero attached hydrogens (tertiary/aromatic N) is 4. The molecule has 0 amide bonds. The van der Waals surface area contributed by atoms with Gasteiger partial charge in [0.05, 0.1) is 11.6 Å². The summed E-state index contributed by atoms with van der Waals surface area (Å²) in [5.74, 6) is 1.18. The van der Waals surface area contributed by atoms with Gasteiger partial charge in [0.25, 0.3) is 0 Å². The van der Waals surface area contributed by atoms with Crippen LogP contribution in [-0.2, 0) is 0 Å². The van der Waals surface area contributed by atoms with Gasteiger partial charge in [0.2, 0.25) is 0 Å². The quantitative estimate of drug-likeness (QED) is 0.377. The number of nitriles is 1. The minimum Gasteiger partial charge on any atom is -0.384 e. The second-order valence-electron chi connectivity index (χ2n) is 9.13. The van der Waals surface area contributed by atoms with Gasteiger partial charge in [0.1, 0.15) is 11.3 Å². The Kier molecular flexibility index (Phi) is 6.50. The van der Waals surface area contributed by atoms with Gasteiger partial charge in [-0.05, 0) is 79.5 Å². The van der Waals surface area contributed by atoms with E-state index in [1.807, 2.05) is 30.3 Å². The van der Waals surface area contributed by atoms with E-state index < -0.39 is 0 Å². The van der Waals surface area contributed by atoms with Crippen LogP contribution in [0, 0.1) is 11.3 Å². The Balaban J connectivity index is 1.29. The van der Waals surface area contributed by atoms with Crippen LogP contribution >= 0.6 is 0 Å². The number of aromatic nitrogens is 4. The first-order chi connectivity index (χ1) is 16.7. The lowest BCUT2D eigenvalue weighted by Crippen LogP contribution is -2.34. The molecule has 1 saturated carbocycles. The van der Waals surface area contributed by atoms with Gasteiger partial charge in [0, 0.05) is 12.0 Å². The molecule has 0 bridgehead atoms. The molecular weight excluding hydrogens is 422 g/mol. The Morgan fingerprint density at radius 3 is 2.56 bits per heavy atom. The van der Waals surface area contributed by atoms with Crippen LogP contribution in [0.4, 0.5) is 5.82 Å². The van der Waals surface area contributed by atoms with Gasteiger partial charge in [0.15, 0.2) is 5.65 Å². The molecule has 2 aromatic carbocycles. The van der Waals surface area contributed by atoms with E-state index in [1.54, 1.807) is 0 Å². The van der Waals surface area contributed by atoms with Gasteiger partial charge in [-0.2, -0.15) is 5.26 Å². The third-order valence-corrected chi connectivity index (χ3v) is 7.03. The lowest BCUT2D eigenvalue weighted by atomic mass is 9.81. The van der Waals surface area contributed by atoms with Crippen LogP contribution in [-0.4, -0.2) is 33.0 Å². The number of nitrogens with one attached hydrogen (secondary N) is 2. The van der Waals surface area contributed by atoms with Crippen LogP contribution in [0.2, 0.25) is 0 Å². The number of benzene rings is 2. The summed E-state index contributed by atoms with van der Waals surface area (Å²) in [4.78, 5) is 4.32. The molecule has 2 heterocycles. The molecule has 2 aromatic heterocycles. The summed E-state index contributed by atoms with van der Waals surface area (Å²) >= 11 is 0. The zero-order valence-electron chi connectivity index (χ0n) is 19.1. The first kappa shape index (κ1) is 22.1. The smallest absolute Gasteiger partial charge is 0.178 e. The Bertz CT molecular complexity index is 1270. The maximum atomic E-state index is 9.20. The lowest BCUT2D eigenvalue weighted by molar-refractivity contribution is 0.340. The SMILES string of the molecule is N#Cc1ccc(C(CCNC2CCC(c3ccccc3)CC2)c2cc(N)nc3[nH]nnc23)cc1. The van der Waals surface area contributed by atoms with E-state index in [2.05, 4.69) is 62.1 Å². The molecule has 172 valence electrons. The average molecular weight is 452 g/mol. The van der Waals surface area contributed by atoms with Crippen LogP contribution in [0.25, 0.3) is 11.2 Å². The number of anilines is 1. The van der Waals surface area contributed by atoms with E-state index in [0.717, 1.165) is 29.6 Å².